The number of aryl methyl sites for hydroxylation is 2. The Morgan fingerprint density at radius 2 is 1.86 bits per heavy atom. The van der Waals surface area contributed by atoms with Crippen LogP contribution in [0.4, 0.5) is 11.6 Å². The van der Waals surface area contributed by atoms with Crippen LogP contribution in [0.25, 0.3) is 33.5 Å². The number of pyridine rings is 1. The molecule has 0 aliphatic heterocycles. The molecule has 4 aromatic heterocycles. The number of aromatic nitrogens is 6. The number of rotatable bonds is 4. The third kappa shape index (κ3) is 2.71. The lowest BCUT2D eigenvalue weighted by Crippen LogP contribution is -2.02. The van der Waals surface area contributed by atoms with Crippen molar-refractivity contribution >= 4 is 22.7 Å². The molecule has 0 amide bonds. The SMILES string of the molecule is Cn1nc(-c2ccccc2)cc1Nc1cc(-c2cocn2)c2cnn(C)c2n1. The van der Waals surface area contributed by atoms with E-state index >= 15 is 0 Å². The fourth-order valence-corrected chi connectivity index (χ4v) is 3.20. The van der Waals surface area contributed by atoms with Crippen LogP contribution in [-0.4, -0.2) is 29.5 Å². The summed E-state index contributed by atoms with van der Waals surface area (Å²) in [6, 6.07) is 14.0. The van der Waals surface area contributed by atoms with Gasteiger partial charge in [0, 0.05) is 36.7 Å². The first-order valence-corrected chi connectivity index (χ1v) is 8.77. The molecule has 0 spiro atoms. The van der Waals surface area contributed by atoms with Gasteiger partial charge in [0.15, 0.2) is 12.0 Å². The van der Waals surface area contributed by atoms with Crippen LogP contribution in [0.1, 0.15) is 0 Å². The zero-order valence-corrected chi connectivity index (χ0v) is 15.4. The van der Waals surface area contributed by atoms with Crippen molar-refractivity contribution < 1.29 is 4.42 Å². The highest BCUT2D eigenvalue weighted by Crippen LogP contribution is 2.30. The van der Waals surface area contributed by atoms with Gasteiger partial charge in [-0.3, -0.25) is 9.36 Å². The molecular formula is C20H17N7O. The molecule has 8 nitrogen and oxygen atoms in total. The fourth-order valence-electron chi connectivity index (χ4n) is 3.20. The highest BCUT2D eigenvalue weighted by atomic mass is 16.3. The number of hydrogen-bond acceptors (Lipinski definition) is 6. The van der Waals surface area contributed by atoms with Gasteiger partial charge in [-0.05, 0) is 6.07 Å². The number of benzene rings is 1. The smallest absolute Gasteiger partial charge is 0.181 e. The molecule has 5 aromatic rings. The third-order valence-electron chi connectivity index (χ3n) is 4.62. The van der Waals surface area contributed by atoms with Crippen LogP contribution in [0.5, 0.6) is 0 Å². The molecule has 1 aromatic carbocycles. The summed E-state index contributed by atoms with van der Waals surface area (Å²) in [5.41, 5.74) is 4.35. The van der Waals surface area contributed by atoms with E-state index in [1.807, 2.05) is 56.6 Å². The van der Waals surface area contributed by atoms with E-state index in [-0.39, 0.29) is 0 Å². The summed E-state index contributed by atoms with van der Waals surface area (Å²) in [4.78, 5) is 8.99. The van der Waals surface area contributed by atoms with Crippen molar-refractivity contribution in [3.63, 3.8) is 0 Å². The van der Waals surface area contributed by atoms with Crippen molar-refractivity contribution in [2.75, 3.05) is 5.32 Å². The lowest BCUT2D eigenvalue weighted by molar-refractivity contribution is 0.558. The summed E-state index contributed by atoms with van der Waals surface area (Å²) >= 11 is 0. The summed E-state index contributed by atoms with van der Waals surface area (Å²) in [6.07, 6.45) is 4.81. The zero-order chi connectivity index (χ0) is 19.1. The van der Waals surface area contributed by atoms with Crippen LogP contribution in [0.2, 0.25) is 0 Å². The molecule has 0 atom stereocenters. The van der Waals surface area contributed by atoms with Gasteiger partial charge in [-0.2, -0.15) is 10.2 Å². The van der Waals surface area contributed by atoms with Crippen LogP contribution in [0.15, 0.2) is 65.7 Å². The number of nitrogens with zero attached hydrogens (tertiary/aromatic N) is 6. The Labute approximate surface area is 160 Å². The Morgan fingerprint density at radius 3 is 2.64 bits per heavy atom. The van der Waals surface area contributed by atoms with Gasteiger partial charge in [0.05, 0.1) is 11.9 Å². The second-order valence-corrected chi connectivity index (χ2v) is 6.46. The molecule has 0 aliphatic carbocycles. The molecule has 28 heavy (non-hydrogen) atoms. The predicted molar refractivity (Wildman–Crippen MR) is 106 cm³/mol. The Bertz CT molecular complexity index is 1250. The minimum absolute atomic E-state index is 0.678. The largest absolute Gasteiger partial charge is 0.451 e. The third-order valence-corrected chi connectivity index (χ3v) is 4.62. The zero-order valence-electron chi connectivity index (χ0n) is 15.4. The Balaban J connectivity index is 1.58. The van der Waals surface area contributed by atoms with Crippen molar-refractivity contribution in [1.29, 1.82) is 0 Å². The Kier molecular flexibility index (Phi) is 3.68. The van der Waals surface area contributed by atoms with E-state index in [2.05, 4.69) is 20.5 Å². The van der Waals surface area contributed by atoms with Crippen molar-refractivity contribution in [3.05, 3.63) is 61.3 Å². The van der Waals surface area contributed by atoms with Gasteiger partial charge in [0.1, 0.15) is 23.6 Å². The molecule has 0 saturated carbocycles. The maximum absolute atomic E-state index is 5.16. The van der Waals surface area contributed by atoms with Crippen molar-refractivity contribution in [2.24, 2.45) is 14.1 Å². The minimum Gasteiger partial charge on any atom is -0.451 e. The van der Waals surface area contributed by atoms with Gasteiger partial charge in [-0.15, -0.1) is 0 Å². The lowest BCUT2D eigenvalue weighted by Gasteiger charge is -2.08. The molecule has 0 saturated heterocycles. The van der Waals surface area contributed by atoms with Gasteiger partial charge in [-0.1, -0.05) is 30.3 Å². The van der Waals surface area contributed by atoms with E-state index in [9.17, 15) is 0 Å². The second kappa shape index (κ2) is 6.34. The maximum atomic E-state index is 5.16. The average molecular weight is 371 g/mol. The molecule has 0 unspecified atom stereocenters. The Hall–Kier alpha value is -3.94. The lowest BCUT2D eigenvalue weighted by atomic mass is 10.1. The van der Waals surface area contributed by atoms with Gasteiger partial charge >= 0.3 is 0 Å². The number of oxazole rings is 1. The van der Waals surface area contributed by atoms with Crippen molar-refractivity contribution in [2.45, 2.75) is 0 Å². The van der Waals surface area contributed by atoms with Crippen LogP contribution >= 0.6 is 0 Å². The molecule has 0 bridgehead atoms. The first-order valence-electron chi connectivity index (χ1n) is 8.77. The molecule has 0 fully saturated rings. The average Bonchev–Trinajstić information content (AvgIpc) is 3.45. The highest BCUT2D eigenvalue weighted by Gasteiger charge is 2.15. The Morgan fingerprint density at radius 1 is 1.00 bits per heavy atom. The standard InChI is InChI=1S/C20H17N7O/c1-26-19(9-16(25-26)13-6-4-3-5-7-13)23-18-8-14(17-11-28-12-21-17)15-10-22-27(2)20(15)24-18/h3-12H,1-2H3,(H,23,24). The van der Waals surface area contributed by atoms with Gasteiger partial charge in [0.2, 0.25) is 0 Å². The molecule has 0 aliphatic rings. The van der Waals surface area contributed by atoms with Gasteiger partial charge in [-0.25, -0.2) is 9.97 Å². The molecule has 8 heteroatoms. The number of anilines is 2. The molecule has 4 heterocycles. The van der Waals surface area contributed by atoms with E-state index in [4.69, 9.17) is 9.40 Å². The quantitative estimate of drug-likeness (QED) is 0.517. The molecule has 5 rings (SSSR count). The predicted octanol–water partition coefficient (Wildman–Crippen LogP) is 3.77. The van der Waals surface area contributed by atoms with E-state index in [1.165, 1.54) is 6.39 Å². The summed E-state index contributed by atoms with van der Waals surface area (Å²) in [7, 11) is 3.76. The number of hydrogen-bond donors (Lipinski definition) is 1. The normalized spacial score (nSPS) is 11.2. The first kappa shape index (κ1) is 16.2. The van der Waals surface area contributed by atoms with E-state index < -0.39 is 0 Å². The molecular weight excluding hydrogens is 354 g/mol. The molecule has 1 N–H and O–H groups in total. The summed E-state index contributed by atoms with van der Waals surface area (Å²) in [5.74, 6) is 1.51. The van der Waals surface area contributed by atoms with E-state index in [0.29, 0.717) is 5.82 Å². The topological polar surface area (TPSA) is 86.6 Å². The second-order valence-electron chi connectivity index (χ2n) is 6.46. The van der Waals surface area contributed by atoms with Gasteiger partial charge in [0.25, 0.3) is 0 Å². The molecule has 0 radical (unpaired) electrons. The minimum atomic E-state index is 0.678. The van der Waals surface area contributed by atoms with Crippen molar-refractivity contribution in [3.8, 4) is 22.5 Å². The van der Waals surface area contributed by atoms with Crippen LogP contribution in [-0.2, 0) is 14.1 Å². The summed E-state index contributed by atoms with van der Waals surface area (Å²) < 4.78 is 8.70. The van der Waals surface area contributed by atoms with Gasteiger partial charge < -0.3 is 9.73 Å². The van der Waals surface area contributed by atoms with E-state index in [1.54, 1.807) is 21.8 Å². The van der Waals surface area contributed by atoms with Crippen molar-refractivity contribution in [1.82, 2.24) is 29.5 Å². The summed E-state index contributed by atoms with van der Waals surface area (Å²) in [5, 5.41) is 13.2. The monoisotopic (exact) mass is 371 g/mol. The summed E-state index contributed by atoms with van der Waals surface area (Å²) in [6.45, 7) is 0. The molecule has 138 valence electrons. The van der Waals surface area contributed by atoms with E-state index in [0.717, 1.165) is 39.4 Å². The van der Waals surface area contributed by atoms with Crippen LogP contribution in [0, 0.1) is 0 Å². The number of nitrogens with one attached hydrogen (secondary N) is 1. The maximum Gasteiger partial charge on any atom is 0.181 e. The first-order chi connectivity index (χ1) is 13.7. The fraction of sp³-hybridized carbons (Fsp3) is 0.100. The van der Waals surface area contributed by atoms with Crippen LogP contribution < -0.4 is 5.32 Å². The van der Waals surface area contributed by atoms with Crippen LogP contribution in [0.3, 0.4) is 0 Å². The number of fused-ring (bicyclic) bond motifs is 1. The highest BCUT2D eigenvalue weighted by molar-refractivity contribution is 5.93.